The van der Waals surface area contributed by atoms with Crippen LogP contribution in [0.4, 0.5) is 0 Å². The van der Waals surface area contributed by atoms with Crippen molar-refractivity contribution in [2.75, 3.05) is 13.2 Å². The SMILES string of the molecule is CC(C)C(C)(C)O[B-]1OCCCO1.[K+]. The Hall–Kier alpha value is 1.58. The molecule has 1 fully saturated rings. The summed E-state index contributed by atoms with van der Waals surface area (Å²) < 4.78 is 16.3. The molecule has 0 atom stereocenters. The first-order chi connectivity index (χ1) is 6.02. The third kappa shape index (κ3) is 5.08. The van der Waals surface area contributed by atoms with E-state index in [0.717, 1.165) is 19.6 Å². The topological polar surface area (TPSA) is 27.7 Å². The molecule has 0 aliphatic carbocycles. The van der Waals surface area contributed by atoms with Crippen LogP contribution < -0.4 is 51.4 Å². The van der Waals surface area contributed by atoms with E-state index in [1.165, 1.54) is 0 Å². The molecule has 1 radical (unpaired) electrons. The molecule has 0 unspecified atom stereocenters. The van der Waals surface area contributed by atoms with Crippen molar-refractivity contribution in [2.24, 2.45) is 5.92 Å². The molecule has 0 aromatic carbocycles. The summed E-state index contributed by atoms with van der Waals surface area (Å²) in [6.45, 7) is 9.83. The van der Waals surface area contributed by atoms with E-state index in [1.807, 2.05) is 0 Å². The maximum Gasteiger partial charge on any atom is 1.00 e. The Morgan fingerprint density at radius 3 is 2.14 bits per heavy atom. The number of hydrogen-bond donors (Lipinski definition) is 0. The van der Waals surface area contributed by atoms with Crippen LogP contribution in [0.2, 0.25) is 0 Å². The van der Waals surface area contributed by atoms with Gasteiger partial charge in [-0.05, 0) is 26.2 Å². The Kier molecular flexibility index (Phi) is 7.81. The number of hydrogen-bond acceptors (Lipinski definition) is 3. The second-order valence-electron chi connectivity index (χ2n) is 4.26. The van der Waals surface area contributed by atoms with Crippen molar-refractivity contribution < 1.29 is 65.3 Å². The van der Waals surface area contributed by atoms with Crippen LogP contribution in [-0.4, -0.2) is 26.1 Å². The zero-order valence-electron chi connectivity index (χ0n) is 10.0. The van der Waals surface area contributed by atoms with Crippen LogP contribution in [0.15, 0.2) is 0 Å². The first kappa shape index (κ1) is 15.6. The predicted molar refractivity (Wildman–Crippen MR) is 52.3 cm³/mol. The van der Waals surface area contributed by atoms with Crippen LogP contribution in [0.3, 0.4) is 0 Å². The molecule has 0 N–H and O–H groups in total. The zero-order valence-corrected chi connectivity index (χ0v) is 13.1. The van der Waals surface area contributed by atoms with Gasteiger partial charge in [-0.3, -0.25) is 0 Å². The van der Waals surface area contributed by atoms with E-state index in [9.17, 15) is 0 Å². The van der Waals surface area contributed by atoms with Gasteiger partial charge in [-0.25, -0.2) is 0 Å². The summed E-state index contributed by atoms with van der Waals surface area (Å²) >= 11 is 0. The van der Waals surface area contributed by atoms with Crippen molar-refractivity contribution in [2.45, 2.75) is 39.7 Å². The maximum atomic E-state index is 5.70. The molecule has 0 aromatic heterocycles. The van der Waals surface area contributed by atoms with Crippen LogP contribution in [0.5, 0.6) is 0 Å². The Morgan fingerprint density at radius 2 is 1.71 bits per heavy atom. The van der Waals surface area contributed by atoms with E-state index in [2.05, 4.69) is 27.7 Å². The van der Waals surface area contributed by atoms with E-state index >= 15 is 0 Å². The monoisotopic (exact) mass is 225 g/mol. The summed E-state index contributed by atoms with van der Waals surface area (Å²) in [5.41, 5.74) is -0.192. The average Bonchev–Trinajstić information content (AvgIpc) is 2.05. The standard InChI is InChI=1S/C9H19BO3.K/c1-8(2)9(3,4)13-10-11-6-5-7-12-10;/h8H,5-7H2,1-4H3;/q-1;+1. The molecular weight excluding hydrogens is 206 g/mol. The van der Waals surface area contributed by atoms with E-state index in [0.29, 0.717) is 5.92 Å². The van der Waals surface area contributed by atoms with Crippen LogP contribution in [0, 0.1) is 5.92 Å². The zero-order chi connectivity index (χ0) is 9.90. The van der Waals surface area contributed by atoms with Gasteiger partial charge < -0.3 is 14.0 Å². The minimum absolute atomic E-state index is 0. The minimum atomic E-state index is -0.467. The van der Waals surface area contributed by atoms with Gasteiger partial charge in [0.2, 0.25) is 0 Å². The van der Waals surface area contributed by atoms with Crippen molar-refractivity contribution in [3.05, 3.63) is 0 Å². The van der Waals surface area contributed by atoms with E-state index in [1.54, 1.807) is 0 Å². The molecule has 3 nitrogen and oxygen atoms in total. The first-order valence-electron chi connectivity index (χ1n) is 4.93. The molecule has 1 heterocycles. The second-order valence-corrected chi connectivity index (χ2v) is 4.26. The fraction of sp³-hybridized carbons (Fsp3) is 1.00. The van der Waals surface area contributed by atoms with Crippen molar-refractivity contribution in [1.29, 1.82) is 0 Å². The molecule has 0 aromatic rings. The van der Waals surface area contributed by atoms with Gasteiger partial charge in [-0.1, -0.05) is 13.8 Å². The summed E-state index contributed by atoms with van der Waals surface area (Å²) in [5, 5.41) is 0. The molecule has 1 saturated heterocycles. The van der Waals surface area contributed by atoms with Crippen LogP contribution >= 0.6 is 0 Å². The first-order valence-corrected chi connectivity index (χ1v) is 4.93. The Bertz CT molecular complexity index is 158. The molecule has 77 valence electrons. The molecule has 0 saturated carbocycles. The Balaban J connectivity index is 0.00000169. The number of rotatable bonds is 3. The van der Waals surface area contributed by atoms with Gasteiger partial charge in [0.15, 0.2) is 0 Å². The normalized spacial score (nSPS) is 19.5. The van der Waals surface area contributed by atoms with Crippen LogP contribution in [-0.2, 0) is 14.0 Å². The summed E-state index contributed by atoms with van der Waals surface area (Å²) in [6.07, 6.45) is 0.960. The molecule has 14 heavy (non-hydrogen) atoms. The summed E-state index contributed by atoms with van der Waals surface area (Å²) in [5.74, 6) is 0.446. The average molecular weight is 225 g/mol. The van der Waals surface area contributed by atoms with E-state index in [-0.39, 0.29) is 57.0 Å². The molecule has 5 heteroatoms. The quantitative estimate of drug-likeness (QED) is 0.568. The van der Waals surface area contributed by atoms with Crippen LogP contribution in [0.25, 0.3) is 0 Å². The predicted octanol–water partition coefficient (Wildman–Crippen LogP) is -1.14. The molecule has 1 aliphatic rings. The molecular formula is C9H19BKO3. The third-order valence-corrected chi connectivity index (χ3v) is 2.59. The van der Waals surface area contributed by atoms with Gasteiger partial charge in [-0.2, -0.15) is 0 Å². The fourth-order valence-corrected chi connectivity index (χ4v) is 0.918. The van der Waals surface area contributed by atoms with E-state index < -0.39 is 7.32 Å². The van der Waals surface area contributed by atoms with Gasteiger partial charge in [0.1, 0.15) is 0 Å². The molecule has 0 bridgehead atoms. The van der Waals surface area contributed by atoms with Gasteiger partial charge in [0, 0.05) is 18.8 Å². The smallest absolute Gasteiger partial charge is 0.566 e. The van der Waals surface area contributed by atoms with E-state index in [4.69, 9.17) is 14.0 Å². The minimum Gasteiger partial charge on any atom is -0.566 e. The molecule has 0 amide bonds. The largest absolute Gasteiger partial charge is 1.00 e. The summed E-state index contributed by atoms with van der Waals surface area (Å²) in [4.78, 5) is 0. The van der Waals surface area contributed by atoms with Gasteiger partial charge in [0.05, 0.1) is 0 Å². The molecule has 1 aliphatic heterocycles. The fourth-order valence-electron chi connectivity index (χ4n) is 0.918. The Labute approximate surface area is 130 Å². The Morgan fingerprint density at radius 1 is 1.21 bits per heavy atom. The molecule has 0 spiro atoms. The van der Waals surface area contributed by atoms with Gasteiger partial charge in [0.25, 0.3) is 0 Å². The summed E-state index contributed by atoms with van der Waals surface area (Å²) in [7, 11) is -0.467. The van der Waals surface area contributed by atoms with Crippen LogP contribution in [0.1, 0.15) is 34.1 Å². The van der Waals surface area contributed by atoms with Crippen molar-refractivity contribution in [1.82, 2.24) is 0 Å². The summed E-state index contributed by atoms with van der Waals surface area (Å²) in [6, 6.07) is 0. The third-order valence-electron chi connectivity index (χ3n) is 2.59. The molecule has 1 rings (SSSR count). The maximum absolute atomic E-state index is 5.70. The van der Waals surface area contributed by atoms with Crippen molar-refractivity contribution in [3.8, 4) is 0 Å². The van der Waals surface area contributed by atoms with Gasteiger partial charge in [-0.15, -0.1) is 0 Å². The second kappa shape index (κ2) is 7.01. The van der Waals surface area contributed by atoms with Gasteiger partial charge >= 0.3 is 58.7 Å². The van der Waals surface area contributed by atoms with Crippen molar-refractivity contribution in [3.63, 3.8) is 0 Å². The van der Waals surface area contributed by atoms with Crippen molar-refractivity contribution >= 4 is 7.32 Å².